The summed E-state index contributed by atoms with van der Waals surface area (Å²) in [4.78, 5) is 12.1. The van der Waals surface area contributed by atoms with Crippen LogP contribution in [0.3, 0.4) is 0 Å². The third kappa shape index (κ3) is 4.19. The van der Waals surface area contributed by atoms with Gasteiger partial charge in [-0.2, -0.15) is 0 Å². The number of rotatable bonds is 4. The fourth-order valence-electron chi connectivity index (χ4n) is 1.89. The van der Waals surface area contributed by atoms with Gasteiger partial charge in [0.25, 0.3) is 0 Å². The highest BCUT2D eigenvalue weighted by molar-refractivity contribution is 6.00. The zero-order valence-electron chi connectivity index (χ0n) is 10.9. The van der Waals surface area contributed by atoms with Crippen LogP contribution < -0.4 is 5.73 Å². The van der Waals surface area contributed by atoms with Crippen molar-refractivity contribution in [2.45, 2.75) is 19.4 Å². The molecule has 2 N–H and O–H groups in total. The van der Waals surface area contributed by atoms with Gasteiger partial charge in [0.1, 0.15) is 0 Å². The fourth-order valence-corrected chi connectivity index (χ4v) is 1.89. The zero-order valence-corrected chi connectivity index (χ0v) is 11.7. The number of carbonyl (C=O) groups excluding carboxylic acids is 1. The van der Waals surface area contributed by atoms with E-state index in [4.69, 9.17) is 5.73 Å². The predicted molar refractivity (Wildman–Crippen MR) is 80.9 cm³/mol. The summed E-state index contributed by atoms with van der Waals surface area (Å²) in [6, 6.07) is 16.9. The Labute approximate surface area is 120 Å². The van der Waals surface area contributed by atoms with E-state index < -0.39 is 6.04 Å². The third-order valence-corrected chi connectivity index (χ3v) is 2.97. The molecular weight excluding hydrogens is 258 g/mol. The Morgan fingerprint density at radius 3 is 2.21 bits per heavy atom. The first-order chi connectivity index (χ1) is 8.66. The average molecular weight is 276 g/mol. The molecule has 0 radical (unpaired) electrons. The maximum atomic E-state index is 12.1. The Morgan fingerprint density at radius 1 is 1.05 bits per heavy atom. The Bertz CT molecular complexity index is 522. The van der Waals surface area contributed by atoms with E-state index in [1.165, 1.54) is 0 Å². The summed E-state index contributed by atoms with van der Waals surface area (Å²) in [5, 5.41) is 0. The van der Waals surface area contributed by atoms with Gasteiger partial charge in [-0.3, -0.25) is 4.79 Å². The minimum absolute atomic E-state index is 0. The van der Waals surface area contributed by atoms with E-state index in [0.29, 0.717) is 12.0 Å². The molecule has 2 rings (SSSR count). The number of nitrogens with two attached hydrogens (primary N) is 1. The lowest BCUT2D eigenvalue weighted by molar-refractivity contribution is 0.0961. The van der Waals surface area contributed by atoms with Crippen molar-refractivity contribution in [3.05, 3.63) is 71.3 Å². The lowest BCUT2D eigenvalue weighted by atomic mass is 9.98. The summed E-state index contributed by atoms with van der Waals surface area (Å²) in [5.74, 6) is -0.00106. The number of ketones is 1. The van der Waals surface area contributed by atoms with Gasteiger partial charge in [-0.1, -0.05) is 60.2 Å². The molecule has 2 aromatic carbocycles. The van der Waals surface area contributed by atoms with Crippen LogP contribution >= 0.6 is 12.4 Å². The van der Waals surface area contributed by atoms with Crippen LogP contribution in [0.4, 0.5) is 0 Å². The second-order valence-corrected chi connectivity index (χ2v) is 4.53. The van der Waals surface area contributed by atoms with E-state index in [2.05, 4.69) is 0 Å². The number of hydrogen-bond acceptors (Lipinski definition) is 2. The normalized spacial score (nSPS) is 11.5. The minimum atomic E-state index is -0.477. The highest BCUT2D eigenvalue weighted by atomic mass is 35.5. The third-order valence-electron chi connectivity index (χ3n) is 2.97. The molecule has 0 aliphatic rings. The Balaban J connectivity index is 0.00000180. The van der Waals surface area contributed by atoms with Crippen molar-refractivity contribution < 1.29 is 4.79 Å². The van der Waals surface area contributed by atoms with Gasteiger partial charge in [-0.15, -0.1) is 12.4 Å². The SMILES string of the molecule is Cc1ccc(C(=O)C(N)Cc2ccccc2)cc1.Cl. The molecule has 0 bridgehead atoms. The largest absolute Gasteiger partial charge is 0.321 e. The molecule has 0 amide bonds. The fraction of sp³-hybridized carbons (Fsp3) is 0.188. The van der Waals surface area contributed by atoms with Crippen LogP contribution in [0.1, 0.15) is 21.5 Å². The Kier molecular flexibility index (Phi) is 5.74. The molecule has 2 nitrogen and oxygen atoms in total. The maximum Gasteiger partial charge on any atom is 0.179 e. The van der Waals surface area contributed by atoms with Crippen LogP contribution in [-0.4, -0.2) is 11.8 Å². The lowest BCUT2D eigenvalue weighted by Crippen LogP contribution is -2.32. The number of carbonyl (C=O) groups is 1. The lowest BCUT2D eigenvalue weighted by Gasteiger charge is -2.10. The van der Waals surface area contributed by atoms with Crippen LogP contribution in [0, 0.1) is 6.92 Å². The average Bonchev–Trinajstić information content (AvgIpc) is 2.40. The summed E-state index contributed by atoms with van der Waals surface area (Å²) in [5.41, 5.74) is 8.88. The molecule has 0 fully saturated rings. The van der Waals surface area contributed by atoms with Crippen molar-refractivity contribution in [1.82, 2.24) is 0 Å². The summed E-state index contributed by atoms with van der Waals surface area (Å²) >= 11 is 0. The zero-order chi connectivity index (χ0) is 13.0. The van der Waals surface area contributed by atoms with Gasteiger partial charge in [0.15, 0.2) is 5.78 Å². The number of Topliss-reactive ketones (excluding diaryl/α,β-unsaturated/α-hetero) is 1. The standard InChI is InChI=1S/C16H17NO.ClH/c1-12-7-9-14(10-8-12)16(18)15(17)11-13-5-3-2-4-6-13;/h2-10,15H,11,17H2,1H3;1H. The van der Waals surface area contributed by atoms with E-state index in [1.54, 1.807) is 0 Å². The molecule has 0 aromatic heterocycles. The number of aryl methyl sites for hydroxylation is 1. The van der Waals surface area contributed by atoms with Crippen molar-refractivity contribution in [1.29, 1.82) is 0 Å². The van der Waals surface area contributed by atoms with Gasteiger partial charge in [-0.05, 0) is 18.9 Å². The maximum absolute atomic E-state index is 12.1. The molecule has 0 saturated heterocycles. The van der Waals surface area contributed by atoms with Crippen LogP contribution in [0.25, 0.3) is 0 Å². The van der Waals surface area contributed by atoms with Crippen LogP contribution in [0.2, 0.25) is 0 Å². The smallest absolute Gasteiger partial charge is 0.179 e. The van der Waals surface area contributed by atoms with Gasteiger partial charge in [0.05, 0.1) is 6.04 Å². The molecule has 0 spiro atoms. The number of halogens is 1. The Morgan fingerprint density at radius 2 is 1.63 bits per heavy atom. The van der Waals surface area contributed by atoms with Crippen LogP contribution in [-0.2, 0) is 6.42 Å². The highest BCUT2D eigenvalue weighted by Gasteiger charge is 2.15. The second-order valence-electron chi connectivity index (χ2n) is 4.53. The molecule has 0 aliphatic heterocycles. The molecule has 0 aliphatic carbocycles. The van der Waals surface area contributed by atoms with E-state index in [1.807, 2.05) is 61.5 Å². The number of hydrogen-bond donors (Lipinski definition) is 1. The Hall–Kier alpha value is -1.64. The molecule has 0 heterocycles. The van der Waals surface area contributed by atoms with Crippen molar-refractivity contribution >= 4 is 18.2 Å². The van der Waals surface area contributed by atoms with Crippen molar-refractivity contribution in [2.24, 2.45) is 5.73 Å². The molecule has 100 valence electrons. The van der Waals surface area contributed by atoms with Crippen LogP contribution in [0.15, 0.2) is 54.6 Å². The molecule has 3 heteroatoms. The first kappa shape index (κ1) is 15.4. The van der Waals surface area contributed by atoms with E-state index in [-0.39, 0.29) is 18.2 Å². The van der Waals surface area contributed by atoms with Crippen molar-refractivity contribution in [3.8, 4) is 0 Å². The van der Waals surface area contributed by atoms with Crippen LogP contribution in [0.5, 0.6) is 0 Å². The highest BCUT2D eigenvalue weighted by Crippen LogP contribution is 2.09. The molecule has 1 unspecified atom stereocenters. The van der Waals surface area contributed by atoms with Crippen molar-refractivity contribution in [2.75, 3.05) is 0 Å². The topological polar surface area (TPSA) is 43.1 Å². The minimum Gasteiger partial charge on any atom is -0.321 e. The number of benzene rings is 2. The quantitative estimate of drug-likeness (QED) is 0.871. The molecule has 0 saturated carbocycles. The molecular formula is C16H18ClNO. The van der Waals surface area contributed by atoms with Gasteiger partial charge < -0.3 is 5.73 Å². The first-order valence-corrected chi connectivity index (χ1v) is 6.07. The summed E-state index contributed by atoms with van der Waals surface area (Å²) in [6.45, 7) is 2.00. The summed E-state index contributed by atoms with van der Waals surface area (Å²) in [6.07, 6.45) is 0.577. The first-order valence-electron chi connectivity index (χ1n) is 6.07. The molecule has 1 atom stereocenters. The molecule has 19 heavy (non-hydrogen) atoms. The van der Waals surface area contributed by atoms with E-state index in [9.17, 15) is 4.79 Å². The van der Waals surface area contributed by atoms with E-state index >= 15 is 0 Å². The van der Waals surface area contributed by atoms with E-state index in [0.717, 1.165) is 11.1 Å². The summed E-state index contributed by atoms with van der Waals surface area (Å²) in [7, 11) is 0. The van der Waals surface area contributed by atoms with Crippen molar-refractivity contribution in [3.63, 3.8) is 0 Å². The predicted octanol–water partition coefficient (Wildman–Crippen LogP) is 3.17. The van der Waals surface area contributed by atoms with Gasteiger partial charge in [-0.25, -0.2) is 0 Å². The monoisotopic (exact) mass is 275 g/mol. The molecule has 2 aromatic rings. The second kappa shape index (κ2) is 7.07. The summed E-state index contributed by atoms with van der Waals surface area (Å²) < 4.78 is 0. The van der Waals surface area contributed by atoms with Gasteiger partial charge in [0.2, 0.25) is 0 Å². The van der Waals surface area contributed by atoms with Gasteiger partial charge >= 0.3 is 0 Å². The van der Waals surface area contributed by atoms with Gasteiger partial charge in [0, 0.05) is 5.56 Å².